The molecule has 0 aromatic rings. The lowest BCUT2D eigenvalue weighted by molar-refractivity contribution is -0.121. The Labute approximate surface area is 77.2 Å². The fraction of sp³-hybridized carbons (Fsp3) is 0.900. The molecule has 0 aromatic carbocycles. The van der Waals surface area contributed by atoms with Gasteiger partial charge in [-0.15, -0.1) is 0 Å². The van der Waals surface area contributed by atoms with Gasteiger partial charge in [-0.3, -0.25) is 4.79 Å². The maximum Gasteiger partial charge on any atom is 0.220 e. The number of amides is 1. The first-order valence-corrected chi connectivity index (χ1v) is 4.62. The number of hydrogen-bond donors (Lipinski definition) is 1. The van der Waals surface area contributed by atoms with E-state index >= 15 is 0 Å². The summed E-state index contributed by atoms with van der Waals surface area (Å²) in [6.45, 7) is 2.04. The highest BCUT2D eigenvalue weighted by molar-refractivity contribution is 5.76. The zero-order valence-electron chi connectivity index (χ0n) is 7.23. The smallest absolute Gasteiger partial charge is 0.220 e. The van der Waals surface area contributed by atoms with E-state index < -0.39 is 0 Å². The average molecular weight is 173 g/mol. The molecule has 0 heterocycles. The van der Waals surface area contributed by atoms with E-state index in [9.17, 15) is 4.79 Å². The van der Waals surface area contributed by atoms with Crippen LogP contribution >= 0.6 is 0 Å². The highest BCUT2D eigenvalue weighted by Crippen LogP contribution is 2.17. The van der Waals surface area contributed by atoms with Gasteiger partial charge in [-0.2, -0.15) is 0 Å². The molecule has 0 aromatic heterocycles. The molecule has 1 aliphatic rings. The van der Waals surface area contributed by atoms with Gasteiger partial charge < -0.3 is 5.32 Å². The van der Waals surface area contributed by atoms with Crippen LogP contribution in [-0.2, 0) is 4.79 Å². The van der Waals surface area contributed by atoms with Crippen molar-refractivity contribution in [2.45, 2.75) is 58.9 Å². The molecule has 0 spiro atoms. The van der Waals surface area contributed by atoms with Crippen molar-refractivity contribution in [2.24, 2.45) is 0 Å². The maximum absolute atomic E-state index is 11.1. The summed E-state index contributed by atoms with van der Waals surface area (Å²) >= 11 is 0. The lowest BCUT2D eigenvalue weighted by Crippen LogP contribution is -2.32. The van der Waals surface area contributed by atoms with Crippen molar-refractivity contribution < 1.29 is 6.22 Å². The molecule has 0 radical (unpaired) electrons. The molecular formula is C10H23NO. The lowest BCUT2D eigenvalue weighted by Gasteiger charge is -2.10. The number of nitrogens with one attached hydrogen (secondary N) is 1. The highest BCUT2D eigenvalue weighted by atomic mass is 16.1. The Hall–Kier alpha value is -0.530. The molecule has 1 fully saturated rings. The fourth-order valence-electron chi connectivity index (χ4n) is 1.60. The van der Waals surface area contributed by atoms with Crippen LogP contribution < -0.4 is 5.32 Å². The van der Waals surface area contributed by atoms with E-state index in [1.165, 1.54) is 25.7 Å². The third kappa shape index (κ3) is 3.74. The van der Waals surface area contributed by atoms with E-state index in [0.717, 1.165) is 6.42 Å². The van der Waals surface area contributed by atoms with Crippen LogP contribution in [0.15, 0.2) is 0 Å². The maximum atomic E-state index is 11.1. The topological polar surface area (TPSA) is 29.1 Å². The van der Waals surface area contributed by atoms with Gasteiger partial charge in [-0.25, -0.2) is 0 Å². The normalized spacial score (nSPS) is 17.1. The number of rotatable bonds is 3. The van der Waals surface area contributed by atoms with Gasteiger partial charge in [-0.05, 0) is 19.3 Å². The number of carbonyl (C=O) groups excluding carboxylic acids is 1. The second kappa shape index (κ2) is 6.04. The summed E-state index contributed by atoms with van der Waals surface area (Å²) in [4.78, 5) is 11.1. The van der Waals surface area contributed by atoms with Gasteiger partial charge in [-0.1, -0.05) is 27.2 Å². The summed E-state index contributed by atoms with van der Waals surface area (Å²) in [5.74, 6) is 0.236. The van der Waals surface area contributed by atoms with Crippen LogP contribution in [0.3, 0.4) is 0 Å². The molecule has 2 nitrogen and oxygen atoms in total. The van der Waals surface area contributed by atoms with Gasteiger partial charge in [0.1, 0.15) is 0 Å². The predicted molar refractivity (Wildman–Crippen MR) is 54.2 cm³/mol. The molecule has 2 heteroatoms. The largest absolute Gasteiger partial charge is 0.353 e. The van der Waals surface area contributed by atoms with Crippen molar-refractivity contribution in [3.63, 3.8) is 0 Å². The van der Waals surface area contributed by atoms with Crippen molar-refractivity contribution >= 4 is 5.91 Å². The monoisotopic (exact) mass is 173 g/mol. The SMILES string of the molecule is C.CCCC(=O)NC1CCCC1.[HH]. The van der Waals surface area contributed by atoms with Crippen LogP contribution in [0.2, 0.25) is 0 Å². The Bertz CT molecular complexity index is 133. The lowest BCUT2D eigenvalue weighted by atomic mass is 10.2. The molecular weight excluding hydrogens is 150 g/mol. The van der Waals surface area contributed by atoms with E-state index in [4.69, 9.17) is 0 Å². The van der Waals surface area contributed by atoms with E-state index in [1.807, 2.05) is 6.92 Å². The zero-order valence-corrected chi connectivity index (χ0v) is 7.23. The third-order valence-corrected chi connectivity index (χ3v) is 2.20. The highest BCUT2D eigenvalue weighted by Gasteiger charge is 2.15. The van der Waals surface area contributed by atoms with Crippen molar-refractivity contribution in [3.05, 3.63) is 0 Å². The summed E-state index contributed by atoms with van der Waals surface area (Å²) in [7, 11) is 0. The molecule has 1 amide bonds. The summed E-state index contributed by atoms with van der Waals surface area (Å²) in [6, 6.07) is 0.494. The minimum absolute atomic E-state index is 0. The van der Waals surface area contributed by atoms with Gasteiger partial charge in [0.25, 0.3) is 0 Å². The van der Waals surface area contributed by atoms with Crippen LogP contribution in [0.25, 0.3) is 0 Å². The van der Waals surface area contributed by atoms with Gasteiger partial charge in [0.05, 0.1) is 0 Å². The van der Waals surface area contributed by atoms with Crippen LogP contribution in [0.5, 0.6) is 0 Å². The summed E-state index contributed by atoms with van der Waals surface area (Å²) in [5.41, 5.74) is 0. The summed E-state index contributed by atoms with van der Waals surface area (Å²) in [5, 5.41) is 3.04. The Morgan fingerprint density at radius 2 is 2.08 bits per heavy atom. The first kappa shape index (κ1) is 11.5. The van der Waals surface area contributed by atoms with E-state index in [0.29, 0.717) is 12.5 Å². The molecule has 1 aliphatic carbocycles. The van der Waals surface area contributed by atoms with Gasteiger partial charge in [0, 0.05) is 13.9 Å². The van der Waals surface area contributed by atoms with Gasteiger partial charge in [0.2, 0.25) is 5.91 Å². The minimum atomic E-state index is 0. The predicted octanol–water partition coefficient (Wildman–Crippen LogP) is 2.73. The first-order valence-electron chi connectivity index (χ1n) is 4.62. The zero-order chi connectivity index (χ0) is 8.10. The Morgan fingerprint density at radius 3 is 2.58 bits per heavy atom. The van der Waals surface area contributed by atoms with Crippen LogP contribution in [0.1, 0.15) is 54.3 Å². The molecule has 1 N–H and O–H groups in total. The first-order chi connectivity index (χ1) is 5.33. The Balaban J connectivity index is 0. The third-order valence-electron chi connectivity index (χ3n) is 2.20. The van der Waals surface area contributed by atoms with Crippen LogP contribution in [0, 0.1) is 0 Å². The van der Waals surface area contributed by atoms with Crippen molar-refractivity contribution in [2.75, 3.05) is 0 Å². The molecule has 0 unspecified atom stereocenters. The second-order valence-corrected chi connectivity index (χ2v) is 3.30. The van der Waals surface area contributed by atoms with Crippen LogP contribution in [0.4, 0.5) is 0 Å². The summed E-state index contributed by atoms with van der Waals surface area (Å²) < 4.78 is 0. The number of carbonyl (C=O) groups is 1. The van der Waals surface area contributed by atoms with E-state index in [-0.39, 0.29) is 14.8 Å². The molecule has 12 heavy (non-hydrogen) atoms. The van der Waals surface area contributed by atoms with E-state index in [2.05, 4.69) is 5.32 Å². The average Bonchev–Trinajstić information content (AvgIpc) is 2.40. The van der Waals surface area contributed by atoms with E-state index in [1.54, 1.807) is 0 Å². The van der Waals surface area contributed by atoms with Gasteiger partial charge in [0.15, 0.2) is 0 Å². The second-order valence-electron chi connectivity index (χ2n) is 3.30. The van der Waals surface area contributed by atoms with Crippen molar-refractivity contribution in [1.82, 2.24) is 5.32 Å². The molecule has 0 atom stereocenters. The Morgan fingerprint density at radius 1 is 1.50 bits per heavy atom. The molecule has 0 saturated heterocycles. The Kier molecular flexibility index (Phi) is 5.77. The van der Waals surface area contributed by atoms with Crippen molar-refractivity contribution in [3.8, 4) is 0 Å². The molecule has 0 aliphatic heterocycles. The van der Waals surface area contributed by atoms with Crippen LogP contribution in [-0.4, -0.2) is 11.9 Å². The molecule has 0 bridgehead atoms. The molecule has 1 rings (SSSR count). The van der Waals surface area contributed by atoms with Crippen molar-refractivity contribution in [1.29, 1.82) is 0 Å². The quantitative estimate of drug-likeness (QED) is 0.698. The fourth-order valence-corrected chi connectivity index (χ4v) is 1.60. The minimum Gasteiger partial charge on any atom is -0.353 e. The summed E-state index contributed by atoms with van der Waals surface area (Å²) in [6.07, 6.45) is 6.61. The van der Waals surface area contributed by atoms with Gasteiger partial charge >= 0.3 is 0 Å². The molecule has 74 valence electrons. The molecule has 1 saturated carbocycles. The number of hydrogen-bond acceptors (Lipinski definition) is 1. The standard InChI is InChI=1S/C9H17NO.CH4.H2/c1-2-5-9(11)10-8-6-3-4-7-8;;/h8H,2-7H2,1H3,(H,10,11);1H4;1H.